The van der Waals surface area contributed by atoms with Crippen LogP contribution < -0.4 is 5.73 Å². The predicted molar refractivity (Wildman–Crippen MR) is 138 cm³/mol. The minimum atomic E-state index is 0.262. The third-order valence-corrected chi connectivity index (χ3v) is 4.94. The molecule has 31 heavy (non-hydrogen) atoms. The first-order valence-electron chi connectivity index (χ1n) is 12.2. The lowest BCUT2D eigenvalue weighted by Gasteiger charge is -2.25. The van der Waals surface area contributed by atoms with Crippen LogP contribution in [0.4, 0.5) is 4.39 Å². The van der Waals surface area contributed by atoms with Crippen LogP contribution in [0.3, 0.4) is 0 Å². The third-order valence-electron chi connectivity index (χ3n) is 4.94. The van der Waals surface area contributed by atoms with E-state index < -0.39 is 0 Å². The molecule has 182 valence electrons. The van der Waals surface area contributed by atoms with Crippen molar-refractivity contribution in [3.05, 3.63) is 48.0 Å². The molecule has 2 nitrogen and oxygen atoms in total. The second-order valence-corrected chi connectivity index (χ2v) is 7.97. The number of aryl methyl sites for hydroxylation is 1. The number of alkyl halides is 1. The molecule has 0 radical (unpaired) electrons. The van der Waals surface area contributed by atoms with Crippen molar-refractivity contribution in [3.8, 4) is 0 Å². The minimum Gasteiger partial charge on any atom is -0.328 e. The van der Waals surface area contributed by atoms with E-state index in [0.29, 0.717) is 13.6 Å². The molecule has 0 aliphatic heterocycles. The van der Waals surface area contributed by atoms with E-state index in [0.717, 1.165) is 37.4 Å². The van der Waals surface area contributed by atoms with Crippen molar-refractivity contribution in [1.29, 1.82) is 0 Å². The lowest BCUT2D eigenvalue weighted by molar-refractivity contribution is -0.107. The number of aldehydes is 1. The largest absolute Gasteiger partial charge is 0.328 e. The summed E-state index contributed by atoms with van der Waals surface area (Å²) in [5.41, 5.74) is 8.42. The van der Waals surface area contributed by atoms with Crippen LogP contribution in [-0.2, 0) is 17.6 Å². The molecule has 0 bridgehead atoms. The maximum absolute atomic E-state index is 9.50. The van der Waals surface area contributed by atoms with Gasteiger partial charge in [0.05, 0.1) is 7.18 Å². The summed E-state index contributed by atoms with van der Waals surface area (Å²) in [5.74, 6) is 1.93. The van der Waals surface area contributed by atoms with E-state index in [1.165, 1.54) is 43.2 Å². The molecular weight excluding hydrogens is 385 g/mol. The average Bonchev–Trinajstić information content (AvgIpc) is 2.78. The Balaban J connectivity index is -0.000000373. The highest BCUT2D eigenvalue weighted by Gasteiger charge is 2.16. The van der Waals surface area contributed by atoms with E-state index in [4.69, 9.17) is 5.73 Å². The molecule has 0 spiro atoms. The third kappa shape index (κ3) is 23.0. The minimum absolute atomic E-state index is 0.262. The summed E-state index contributed by atoms with van der Waals surface area (Å²) >= 11 is 0. The standard InChI is InChI=1S/C11H17N.C10H18.C4H8O.C2H6.CH3F/c1-3-10-4-6-11(7-5-10)8-9(2)12;1-3-5-10-7-4-6-9(2)8-10;1-2-3-4-5;2*1-2/h4-7,9H,3,8,12H2,1-2H3;3,9-10H,1,4-8H2,2H3;4H,2-3H2,1H3;1-2H3;1H3. The molecule has 0 aromatic heterocycles. The number of carbonyl (C=O) groups excluding carboxylic acids is 1. The summed E-state index contributed by atoms with van der Waals surface area (Å²) < 4.78 is 9.50. The number of allylic oxidation sites excluding steroid dienone is 1. The van der Waals surface area contributed by atoms with Crippen molar-refractivity contribution in [3.63, 3.8) is 0 Å². The molecule has 2 rings (SSSR count). The molecule has 3 heteroatoms. The molecule has 2 N–H and O–H groups in total. The number of carbonyl (C=O) groups is 1. The number of rotatable bonds is 7. The quantitative estimate of drug-likeness (QED) is 0.345. The Morgan fingerprint density at radius 3 is 2.03 bits per heavy atom. The van der Waals surface area contributed by atoms with E-state index in [-0.39, 0.29) is 6.04 Å². The second-order valence-electron chi connectivity index (χ2n) is 7.97. The number of hydrogen-bond acceptors (Lipinski definition) is 2. The van der Waals surface area contributed by atoms with Gasteiger partial charge < -0.3 is 10.5 Å². The number of halogens is 1. The van der Waals surface area contributed by atoms with Gasteiger partial charge in [0.25, 0.3) is 0 Å². The van der Waals surface area contributed by atoms with Crippen LogP contribution in [0.15, 0.2) is 36.9 Å². The zero-order valence-corrected chi connectivity index (χ0v) is 21.6. The van der Waals surface area contributed by atoms with Crippen molar-refractivity contribution < 1.29 is 9.18 Å². The summed E-state index contributed by atoms with van der Waals surface area (Å²) in [6, 6.07) is 8.96. The van der Waals surface area contributed by atoms with Gasteiger partial charge in [0.1, 0.15) is 6.29 Å². The molecule has 1 aliphatic rings. The summed E-state index contributed by atoms with van der Waals surface area (Å²) in [6.45, 7) is 16.3. The summed E-state index contributed by atoms with van der Waals surface area (Å²) in [6.07, 6.45) is 13.8. The summed E-state index contributed by atoms with van der Waals surface area (Å²) in [7, 11) is 0.500. The van der Waals surface area contributed by atoms with Crippen LogP contribution >= 0.6 is 0 Å². The smallest absolute Gasteiger partial charge is 0.119 e. The fourth-order valence-corrected chi connectivity index (χ4v) is 3.41. The monoisotopic (exact) mass is 437 g/mol. The molecule has 1 fully saturated rings. The van der Waals surface area contributed by atoms with Gasteiger partial charge in [-0.15, -0.1) is 6.58 Å². The fraction of sp³-hybridized carbons (Fsp3) is 0.679. The SMILES string of the molecule is C=CCC1CCCC(C)C1.CC.CCCC=O.CCc1ccc(CC(C)N)cc1.CF. The normalized spacial score (nSPS) is 17.5. The highest BCUT2D eigenvalue weighted by atomic mass is 19.1. The molecule has 1 aliphatic carbocycles. The van der Waals surface area contributed by atoms with E-state index >= 15 is 0 Å². The summed E-state index contributed by atoms with van der Waals surface area (Å²) in [5, 5.41) is 0. The number of hydrogen-bond donors (Lipinski definition) is 1. The Bertz CT molecular complexity index is 484. The van der Waals surface area contributed by atoms with Gasteiger partial charge in [-0.05, 0) is 62.0 Å². The highest BCUT2D eigenvalue weighted by Crippen LogP contribution is 2.30. The molecule has 1 saturated carbocycles. The van der Waals surface area contributed by atoms with E-state index in [2.05, 4.69) is 50.8 Å². The van der Waals surface area contributed by atoms with Crippen LogP contribution in [-0.4, -0.2) is 19.5 Å². The second kappa shape index (κ2) is 26.6. The number of unbranched alkanes of at least 4 members (excludes halogenated alkanes) is 1. The maximum Gasteiger partial charge on any atom is 0.119 e. The number of benzene rings is 1. The van der Waals surface area contributed by atoms with Crippen LogP contribution in [0, 0.1) is 11.8 Å². The fourth-order valence-electron chi connectivity index (χ4n) is 3.41. The Labute approximate surface area is 193 Å². The van der Waals surface area contributed by atoms with Crippen molar-refractivity contribution in [1.82, 2.24) is 0 Å². The predicted octanol–water partition coefficient (Wildman–Crippen LogP) is 8.12. The molecule has 3 atom stereocenters. The zero-order chi connectivity index (χ0) is 24.5. The van der Waals surface area contributed by atoms with Crippen LogP contribution in [0.2, 0.25) is 0 Å². The Morgan fingerprint density at radius 1 is 1.13 bits per heavy atom. The van der Waals surface area contributed by atoms with Gasteiger partial charge in [-0.1, -0.05) is 84.2 Å². The highest BCUT2D eigenvalue weighted by molar-refractivity contribution is 5.48. The lowest BCUT2D eigenvalue weighted by atomic mass is 9.81. The zero-order valence-electron chi connectivity index (χ0n) is 21.6. The van der Waals surface area contributed by atoms with Crippen LogP contribution in [0.25, 0.3) is 0 Å². The number of nitrogens with two attached hydrogens (primary N) is 1. The van der Waals surface area contributed by atoms with Crippen molar-refractivity contribution in [2.24, 2.45) is 17.6 Å². The van der Waals surface area contributed by atoms with Gasteiger partial charge in [-0.3, -0.25) is 4.39 Å². The summed E-state index contributed by atoms with van der Waals surface area (Å²) in [4.78, 5) is 9.40. The van der Waals surface area contributed by atoms with Gasteiger partial charge in [0.2, 0.25) is 0 Å². The van der Waals surface area contributed by atoms with Gasteiger partial charge in [0, 0.05) is 12.5 Å². The molecule has 3 unspecified atom stereocenters. The van der Waals surface area contributed by atoms with E-state index in [1.54, 1.807) is 0 Å². The van der Waals surface area contributed by atoms with Crippen LogP contribution in [0.1, 0.15) is 97.6 Å². The molecule has 0 saturated heterocycles. The Kier molecular flexibility index (Phi) is 29.2. The molecule has 0 amide bonds. The van der Waals surface area contributed by atoms with E-state index in [1.807, 2.05) is 27.7 Å². The maximum atomic E-state index is 9.50. The van der Waals surface area contributed by atoms with Crippen molar-refractivity contribution in [2.45, 2.75) is 105 Å². The van der Waals surface area contributed by atoms with Gasteiger partial charge in [-0.2, -0.15) is 0 Å². The Morgan fingerprint density at radius 2 is 1.68 bits per heavy atom. The van der Waals surface area contributed by atoms with Gasteiger partial charge >= 0.3 is 0 Å². The van der Waals surface area contributed by atoms with E-state index in [9.17, 15) is 9.18 Å². The Hall–Kier alpha value is -1.48. The van der Waals surface area contributed by atoms with Gasteiger partial charge in [-0.25, -0.2) is 0 Å². The van der Waals surface area contributed by atoms with Crippen molar-refractivity contribution in [2.75, 3.05) is 7.18 Å². The first-order valence-corrected chi connectivity index (χ1v) is 12.2. The van der Waals surface area contributed by atoms with Gasteiger partial charge in [0.15, 0.2) is 0 Å². The first-order chi connectivity index (χ1) is 15.0. The van der Waals surface area contributed by atoms with Crippen LogP contribution in [0.5, 0.6) is 0 Å². The molecule has 1 aromatic carbocycles. The first kappa shape index (κ1) is 34.1. The topological polar surface area (TPSA) is 43.1 Å². The molecule has 1 aromatic rings. The molecular formula is C28H52FNO. The average molecular weight is 438 g/mol. The van der Waals surface area contributed by atoms with Crippen molar-refractivity contribution >= 4 is 6.29 Å². The lowest BCUT2D eigenvalue weighted by Crippen LogP contribution is -2.17. The molecule has 0 heterocycles.